The van der Waals surface area contributed by atoms with Crippen LogP contribution in [0.25, 0.3) is 0 Å². The standard InChI is InChI=1S/C24H19N5O7S/c1-14-21(22(30)29(27-14)16-7-3-2-4-8-16)26-25-15-11-12-20(18(13-15)24(33)34)37(35,36)28-19-10-6-5-9-17(19)23(31)32/h2-13,21,28H,1H3,(H,31,32)(H,33,34)/t21-/m0/s1. The zero-order valence-corrected chi connectivity index (χ0v) is 20.0. The lowest BCUT2D eigenvalue weighted by Crippen LogP contribution is -2.29. The summed E-state index contributed by atoms with van der Waals surface area (Å²) in [6.07, 6.45) is 0. The molecular weight excluding hydrogens is 502 g/mol. The molecule has 13 heteroatoms. The maximum absolute atomic E-state index is 12.9. The van der Waals surface area contributed by atoms with E-state index in [1.807, 2.05) is 0 Å². The average Bonchev–Trinajstić information content (AvgIpc) is 3.16. The fraction of sp³-hybridized carbons (Fsp3) is 0.0833. The van der Waals surface area contributed by atoms with Gasteiger partial charge in [-0.3, -0.25) is 9.52 Å². The molecule has 0 saturated carbocycles. The third-order valence-corrected chi connectivity index (χ3v) is 6.69. The molecule has 0 saturated heterocycles. The van der Waals surface area contributed by atoms with Crippen molar-refractivity contribution in [2.75, 3.05) is 9.73 Å². The number of para-hydroxylation sites is 2. The lowest BCUT2D eigenvalue weighted by molar-refractivity contribution is -0.117. The van der Waals surface area contributed by atoms with Crippen molar-refractivity contribution in [3.05, 3.63) is 83.9 Å². The number of nitrogens with zero attached hydrogens (tertiary/aromatic N) is 4. The number of carbonyl (C=O) groups excluding carboxylic acids is 1. The summed E-state index contributed by atoms with van der Waals surface area (Å²) in [6, 6.07) is 16.2. The van der Waals surface area contributed by atoms with E-state index in [1.54, 1.807) is 37.3 Å². The molecule has 1 heterocycles. The molecule has 12 nitrogen and oxygen atoms in total. The summed E-state index contributed by atoms with van der Waals surface area (Å²) >= 11 is 0. The van der Waals surface area contributed by atoms with Crippen LogP contribution in [0, 0.1) is 0 Å². The first kappa shape index (κ1) is 25.2. The lowest BCUT2D eigenvalue weighted by Gasteiger charge is -2.13. The largest absolute Gasteiger partial charge is 0.478 e. The van der Waals surface area contributed by atoms with E-state index in [4.69, 9.17) is 0 Å². The van der Waals surface area contributed by atoms with Crippen LogP contribution in [0.3, 0.4) is 0 Å². The number of hydrogen-bond acceptors (Lipinski definition) is 8. The van der Waals surface area contributed by atoms with Crippen LogP contribution in [0.2, 0.25) is 0 Å². The Hall–Kier alpha value is -4.91. The predicted molar refractivity (Wildman–Crippen MR) is 133 cm³/mol. The number of sulfonamides is 1. The van der Waals surface area contributed by atoms with Gasteiger partial charge in [-0.05, 0) is 49.4 Å². The Morgan fingerprint density at radius 2 is 1.59 bits per heavy atom. The predicted octanol–water partition coefficient (Wildman–Crippen LogP) is 3.76. The SMILES string of the molecule is CC1=NN(c2ccccc2)C(=O)[C@H]1N=Nc1ccc(S(=O)(=O)Nc2ccccc2C(=O)O)c(C(=O)O)c1. The van der Waals surface area contributed by atoms with Crippen molar-refractivity contribution in [2.24, 2.45) is 15.3 Å². The van der Waals surface area contributed by atoms with E-state index in [1.165, 1.54) is 35.3 Å². The second kappa shape index (κ2) is 9.99. The number of azo groups is 1. The van der Waals surface area contributed by atoms with Gasteiger partial charge in [0.1, 0.15) is 4.90 Å². The molecule has 37 heavy (non-hydrogen) atoms. The van der Waals surface area contributed by atoms with Gasteiger partial charge in [-0.2, -0.15) is 20.3 Å². The first-order valence-electron chi connectivity index (χ1n) is 10.7. The number of nitrogens with one attached hydrogen (secondary N) is 1. The summed E-state index contributed by atoms with van der Waals surface area (Å²) in [5.74, 6) is -3.38. The summed E-state index contributed by atoms with van der Waals surface area (Å²) in [5.41, 5.74) is -0.253. The minimum Gasteiger partial charge on any atom is -0.478 e. The smallest absolute Gasteiger partial charge is 0.337 e. The van der Waals surface area contributed by atoms with Gasteiger partial charge in [0.2, 0.25) is 0 Å². The number of hydrogen-bond donors (Lipinski definition) is 3. The molecule has 1 atom stereocenters. The number of carbonyl (C=O) groups is 3. The molecular formula is C24H19N5O7S. The van der Waals surface area contributed by atoms with E-state index in [2.05, 4.69) is 20.1 Å². The lowest BCUT2D eigenvalue weighted by atomic mass is 10.2. The second-order valence-corrected chi connectivity index (χ2v) is 9.44. The van der Waals surface area contributed by atoms with Crippen LogP contribution in [0.4, 0.5) is 17.1 Å². The molecule has 3 N–H and O–H groups in total. The summed E-state index contributed by atoms with van der Waals surface area (Å²) in [7, 11) is -4.49. The minimum atomic E-state index is -4.49. The van der Waals surface area contributed by atoms with Gasteiger partial charge in [0.15, 0.2) is 6.04 Å². The molecule has 3 aromatic carbocycles. The summed E-state index contributed by atoms with van der Waals surface area (Å²) in [6.45, 7) is 1.60. The fourth-order valence-electron chi connectivity index (χ4n) is 3.51. The van der Waals surface area contributed by atoms with Crippen LogP contribution >= 0.6 is 0 Å². The van der Waals surface area contributed by atoms with Crippen LogP contribution in [0.1, 0.15) is 27.6 Å². The Bertz CT molecular complexity index is 1570. The van der Waals surface area contributed by atoms with Crippen LogP contribution in [-0.4, -0.2) is 48.2 Å². The van der Waals surface area contributed by atoms with E-state index < -0.39 is 44.4 Å². The number of hydrazone groups is 1. The number of carboxylic acids is 2. The van der Waals surface area contributed by atoms with Crippen LogP contribution in [-0.2, 0) is 14.8 Å². The first-order chi connectivity index (χ1) is 17.6. The van der Waals surface area contributed by atoms with Crippen molar-refractivity contribution in [1.82, 2.24) is 0 Å². The first-order valence-corrected chi connectivity index (χ1v) is 12.1. The highest BCUT2D eigenvalue weighted by molar-refractivity contribution is 7.92. The molecule has 1 aliphatic rings. The highest BCUT2D eigenvalue weighted by Gasteiger charge is 2.34. The second-order valence-electron chi connectivity index (χ2n) is 7.79. The molecule has 0 fully saturated rings. The monoisotopic (exact) mass is 521 g/mol. The van der Waals surface area contributed by atoms with Crippen LogP contribution in [0.15, 0.2) is 93.0 Å². The molecule has 0 bridgehead atoms. The van der Waals surface area contributed by atoms with Crippen molar-refractivity contribution in [3.63, 3.8) is 0 Å². The van der Waals surface area contributed by atoms with Gasteiger partial charge in [0, 0.05) is 0 Å². The van der Waals surface area contributed by atoms with Gasteiger partial charge in [-0.15, -0.1) is 0 Å². The van der Waals surface area contributed by atoms with Crippen LogP contribution in [0.5, 0.6) is 0 Å². The summed E-state index contributed by atoms with van der Waals surface area (Å²) in [4.78, 5) is 35.5. The Balaban J connectivity index is 1.61. The van der Waals surface area contributed by atoms with Crippen LogP contribution < -0.4 is 9.73 Å². The molecule has 3 aromatic rings. The minimum absolute atomic E-state index is 0.0129. The Labute approximate surface area is 210 Å². The molecule has 1 aliphatic heterocycles. The molecule has 1 amide bonds. The average molecular weight is 522 g/mol. The van der Waals surface area contributed by atoms with E-state index in [-0.39, 0.29) is 16.9 Å². The highest BCUT2D eigenvalue weighted by atomic mass is 32.2. The number of anilines is 2. The molecule has 4 rings (SSSR count). The van der Waals surface area contributed by atoms with E-state index in [0.29, 0.717) is 11.4 Å². The Kier molecular flexibility index (Phi) is 6.80. The van der Waals surface area contributed by atoms with Gasteiger partial charge in [0.25, 0.3) is 15.9 Å². The fourth-order valence-corrected chi connectivity index (χ4v) is 4.77. The molecule has 0 unspecified atom stereocenters. The number of amides is 1. The van der Waals surface area contributed by atoms with Gasteiger partial charge in [-0.25, -0.2) is 18.0 Å². The van der Waals surface area contributed by atoms with Gasteiger partial charge in [0.05, 0.1) is 33.9 Å². The van der Waals surface area contributed by atoms with Crippen molar-refractivity contribution in [3.8, 4) is 0 Å². The van der Waals surface area contributed by atoms with E-state index >= 15 is 0 Å². The summed E-state index contributed by atoms with van der Waals surface area (Å²) < 4.78 is 28.0. The zero-order valence-electron chi connectivity index (χ0n) is 19.1. The molecule has 0 aliphatic carbocycles. The van der Waals surface area contributed by atoms with Crippen molar-refractivity contribution >= 4 is 50.6 Å². The number of benzene rings is 3. The maximum Gasteiger partial charge on any atom is 0.337 e. The van der Waals surface area contributed by atoms with Crippen molar-refractivity contribution < 1.29 is 33.0 Å². The third kappa shape index (κ3) is 5.21. The number of rotatable bonds is 8. The Morgan fingerprint density at radius 3 is 2.27 bits per heavy atom. The molecule has 0 spiro atoms. The molecule has 0 aromatic heterocycles. The van der Waals surface area contributed by atoms with E-state index in [0.717, 1.165) is 12.1 Å². The molecule has 0 radical (unpaired) electrons. The zero-order chi connectivity index (χ0) is 26.7. The third-order valence-electron chi connectivity index (χ3n) is 5.27. The maximum atomic E-state index is 12.9. The number of aromatic carboxylic acids is 2. The quantitative estimate of drug-likeness (QED) is 0.378. The Morgan fingerprint density at radius 1 is 0.946 bits per heavy atom. The summed E-state index contributed by atoms with van der Waals surface area (Å²) in [5, 5.41) is 32.3. The number of carboxylic acid groups (broad SMARTS) is 2. The molecule has 188 valence electrons. The van der Waals surface area contributed by atoms with Crippen molar-refractivity contribution in [2.45, 2.75) is 17.9 Å². The van der Waals surface area contributed by atoms with Gasteiger partial charge >= 0.3 is 11.9 Å². The normalized spacial score (nSPS) is 15.6. The van der Waals surface area contributed by atoms with Crippen molar-refractivity contribution in [1.29, 1.82) is 0 Å². The highest BCUT2D eigenvalue weighted by Crippen LogP contribution is 2.27. The van der Waals surface area contributed by atoms with Gasteiger partial charge < -0.3 is 10.2 Å². The van der Waals surface area contributed by atoms with E-state index in [9.17, 15) is 33.0 Å². The topological polar surface area (TPSA) is 178 Å². The van der Waals surface area contributed by atoms with Gasteiger partial charge in [-0.1, -0.05) is 30.3 Å².